The van der Waals surface area contributed by atoms with E-state index in [1.807, 2.05) is 24.1 Å². The van der Waals surface area contributed by atoms with Gasteiger partial charge < -0.3 is 9.80 Å². The van der Waals surface area contributed by atoms with Crippen molar-refractivity contribution in [2.24, 2.45) is 12.0 Å². The van der Waals surface area contributed by atoms with Crippen molar-refractivity contribution in [3.63, 3.8) is 0 Å². The molecule has 3 rings (SSSR count). The number of hydrogen-bond acceptors (Lipinski definition) is 4. The lowest BCUT2D eigenvalue weighted by Crippen LogP contribution is -2.38. The summed E-state index contributed by atoms with van der Waals surface area (Å²) in [4.78, 5) is 9.48. The van der Waals surface area contributed by atoms with E-state index in [4.69, 9.17) is 4.99 Å². The molecule has 3 heterocycles. The van der Waals surface area contributed by atoms with E-state index in [1.54, 1.807) is 0 Å². The molecule has 0 radical (unpaired) electrons. The van der Waals surface area contributed by atoms with Crippen LogP contribution in [0.25, 0.3) is 0 Å². The number of rotatable bonds is 4. The number of fused-ring (bicyclic) bond motifs is 1. The van der Waals surface area contributed by atoms with E-state index in [-0.39, 0.29) is 0 Å². The monoisotopic (exact) mass is 271 g/mol. The predicted molar refractivity (Wildman–Crippen MR) is 80.2 cm³/mol. The largest absolute Gasteiger partial charge is 0.358 e. The zero-order valence-electron chi connectivity index (χ0n) is 12.4. The van der Waals surface area contributed by atoms with Crippen molar-refractivity contribution in [3.05, 3.63) is 41.6 Å². The molecule has 0 fully saturated rings. The minimum absolute atomic E-state index is 0.954. The maximum absolute atomic E-state index is 4.77. The normalized spacial score (nSPS) is 17.9. The topological polar surface area (TPSA) is 36.7 Å². The molecular weight excluding hydrogens is 250 g/mol. The number of aliphatic imine (C=N–C) groups is 1. The van der Waals surface area contributed by atoms with Crippen molar-refractivity contribution in [3.8, 4) is 0 Å². The molecule has 2 aliphatic heterocycles. The van der Waals surface area contributed by atoms with Crippen molar-refractivity contribution in [1.82, 2.24) is 19.6 Å². The molecule has 0 atom stereocenters. The fourth-order valence-electron chi connectivity index (χ4n) is 2.67. The summed E-state index contributed by atoms with van der Waals surface area (Å²) in [6, 6.07) is 0. The number of nitrogens with zero attached hydrogens (tertiary/aromatic N) is 5. The van der Waals surface area contributed by atoms with Gasteiger partial charge in [0.25, 0.3) is 0 Å². The molecule has 0 N–H and O–H groups in total. The van der Waals surface area contributed by atoms with Gasteiger partial charge in [0.1, 0.15) is 5.70 Å². The van der Waals surface area contributed by atoms with E-state index in [1.165, 1.54) is 5.70 Å². The fourth-order valence-corrected chi connectivity index (χ4v) is 2.67. The SMILES string of the molecule is CCCN1C=C2N=C(c3cnn(C)c3)C=C2N(CC)C1. The van der Waals surface area contributed by atoms with Crippen LogP contribution < -0.4 is 0 Å². The third-order valence-corrected chi connectivity index (χ3v) is 3.67. The van der Waals surface area contributed by atoms with Gasteiger partial charge in [-0.1, -0.05) is 6.92 Å². The highest BCUT2D eigenvalue weighted by molar-refractivity contribution is 6.11. The molecule has 20 heavy (non-hydrogen) atoms. The summed E-state index contributed by atoms with van der Waals surface area (Å²) in [6.45, 7) is 7.43. The maximum atomic E-state index is 4.77. The molecular formula is C15H21N5. The summed E-state index contributed by atoms with van der Waals surface area (Å²) in [6.07, 6.45) is 9.39. The van der Waals surface area contributed by atoms with Crippen LogP contribution in [0.5, 0.6) is 0 Å². The van der Waals surface area contributed by atoms with Crippen molar-refractivity contribution in [1.29, 1.82) is 0 Å². The van der Waals surface area contributed by atoms with Gasteiger partial charge in [0, 0.05) is 38.1 Å². The first-order chi connectivity index (χ1) is 9.71. The highest BCUT2D eigenvalue weighted by Gasteiger charge is 2.26. The lowest BCUT2D eigenvalue weighted by atomic mass is 10.2. The lowest BCUT2D eigenvalue weighted by Gasteiger charge is -2.35. The van der Waals surface area contributed by atoms with Gasteiger partial charge in [-0.2, -0.15) is 5.10 Å². The Morgan fingerprint density at radius 1 is 1.30 bits per heavy atom. The Kier molecular flexibility index (Phi) is 3.34. The summed E-state index contributed by atoms with van der Waals surface area (Å²) in [5, 5.41) is 4.23. The zero-order valence-corrected chi connectivity index (χ0v) is 12.4. The van der Waals surface area contributed by atoms with Crippen LogP contribution in [-0.2, 0) is 7.05 Å². The van der Waals surface area contributed by atoms with Crippen LogP contribution in [-0.4, -0.2) is 45.1 Å². The van der Waals surface area contributed by atoms with Gasteiger partial charge in [-0.15, -0.1) is 0 Å². The Morgan fingerprint density at radius 2 is 2.15 bits per heavy atom. The first-order valence-electron chi connectivity index (χ1n) is 7.22. The van der Waals surface area contributed by atoms with Gasteiger partial charge in [-0.25, -0.2) is 4.99 Å². The number of aryl methyl sites for hydroxylation is 1. The van der Waals surface area contributed by atoms with Crippen LogP contribution in [0.3, 0.4) is 0 Å². The molecule has 5 nitrogen and oxygen atoms in total. The van der Waals surface area contributed by atoms with E-state index < -0.39 is 0 Å². The Labute approximate surface area is 119 Å². The Hall–Kier alpha value is -2.04. The quantitative estimate of drug-likeness (QED) is 0.840. The first kappa shape index (κ1) is 13.0. The van der Waals surface area contributed by atoms with Gasteiger partial charge in [0.05, 0.1) is 24.3 Å². The van der Waals surface area contributed by atoms with Crippen LogP contribution in [0.15, 0.2) is 41.1 Å². The minimum atomic E-state index is 0.954. The standard InChI is InChI=1S/C15H21N5/c1-4-6-19-10-14-15(20(5-2)11-19)7-13(17-14)12-8-16-18(3)9-12/h7-10H,4-6,11H2,1-3H3. The van der Waals surface area contributed by atoms with Gasteiger partial charge in [0.2, 0.25) is 0 Å². The van der Waals surface area contributed by atoms with Crippen LogP contribution in [0.4, 0.5) is 0 Å². The van der Waals surface area contributed by atoms with E-state index in [0.29, 0.717) is 0 Å². The van der Waals surface area contributed by atoms with E-state index in [9.17, 15) is 0 Å². The Morgan fingerprint density at radius 3 is 2.80 bits per heavy atom. The van der Waals surface area contributed by atoms with E-state index in [2.05, 4.69) is 41.0 Å². The molecule has 0 amide bonds. The van der Waals surface area contributed by atoms with Crippen LogP contribution >= 0.6 is 0 Å². The van der Waals surface area contributed by atoms with Gasteiger partial charge in [-0.05, 0) is 19.4 Å². The molecule has 0 bridgehead atoms. The third kappa shape index (κ3) is 2.24. The second-order valence-electron chi connectivity index (χ2n) is 5.25. The third-order valence-electron chi connectivity index (χ3n) is 3.67. The predicted octanol–water partition coefficient (Wildman–Crippen LogP) is 1.95. The molecule has 0 aromatic carbocycles. The molecule has 1 aromatic rings. The van der Waals surface area contributed by atoms with Crippen molar-refractivity contribution in [2.45, 2.75) is 20.3 Å². The lowest BCUT2D eigenvalue weighted by molar-refractivity contribution is 0.203. The smallest absolute Gasteiger partial charge is 0.103 e. The molecule has 0 saturated heterocycles. The highest BCUT2D eigenvalue weighted by Crippen LogP contribution is 2.29. The summed E-state index contributed by atoms with van der Waals surface area (Å²) in [7, 11) is 1.93. The summed E-state index contributed by atoms with van der Waals surface area (Å²) in [5.74, 6) is 0. The minimum Gasteiger partial charge on any atom is -0.358 e. The van der Waals surface area contributed by atoms with Gasteiger partial charge in [0.15, 0.2) is 0 Å². The molecule has 0 spiro atoms. The first-order valence-corrected chi connectivity index (χ1v) is 7.22. The molecule has 0 unspecified atom stereocenters. The average Bonchev–Trinajstić information content (AvgIpc) is 3.04. The Balaban J connectivity index is 1.93. The van der Waals surface area contributed by atoms with Crippen molar-refractivity contribution in [2.75, 3.05) is 19.8 Å². The maximum Gasteiger partial charge on any atom is 0.103 e. The van der Waals surface area contributed by atoms with E-state index in [0.717, 1.165) is 43.2 Å². The number of aromatic nitrogens is 2. The second kappa shape index (κ2) is 5.15. The van der Waals surface area contributed by atoms with Crippen LogP contribution in [0.1, 0.15) is 25.8 Å². The van der Waals surface area contributed by atoms with Crippen molar-refractivity contribution >= 4 is 5.71 Å². The summed E-state index contributed by atoms with van der Waals surface area (Å²) < 4.78 is 1.81. The fraction of sp³-hybridized carbons (Fsp3) is 0.467. The number of likely N-dealkylation sites (N-methyl/N-ethyl adjacent to an activating group) is 1. The number of hydrogen-bond donors (Lipinski definition) is 0. The molecule has 1 aromatic heterocycles. The number of allylic oxidation sites excluding steroid dienone is 1. The van der Waals surface area contributed by atoms with Gasteiger partial charge >= 0.3 is 0 Å². The molecule has 5 heteroatoms. The van der Waals surface area contributed by atoms with Crippen molar-refractivity contribution < 1.29 is 0 Å². The summed E-state index contributed by atoms with van der Waals surface area (Å²) >= 11 is 0. The summed E-state index contributed by atoms with van der Waals surface area (Å²) in [5.41, 5.74) is 4.40. The van der Waals surface area contributed by atoms with Crippen LogP contribution in [0.2, 0.25) is 0 Å². The van der Waals surface area contributed by atoms with E-state index >= 15 is 0 Å². The van der Waals surface area contributed by atoms with Crippen LogP contribution in [0, 0.1) is 0 Å². The van der Waals surface area contributed by atoms with Gasteiger partial charge in [-0.3, -0.25) is 4.68 Å². The molecule has 0 aliphatic carbocycles. The Bertz CT molecular complexity index is 593. The molecule has 2 aliphatic rings. The average molecular weight is 271 g/mol. The molecule has 106 valence electrons. The highest BCUT2D eigenvalue weighted by atomic mass is 15.3. The second-order valence-corrected chi connectivity index (χ2v) is 5.25. The zero-order chi connectivity index (χ0) is 14.1. The molecule has 0 saturated carbocycles.